The minimum absolute atomic E-state index is 0.199. The van der Waals surface area contributed by atoms with Crippen molar-refractivity contribution >= 4 is 27.3 Å². The number of benzene rings is 4. The van der Waals surface area contributed by atoms with E-state index in [9.17, 15) is 23.3 Å². The van der Waals surface area contributed by atoms with E-state index in [0.717, 1.165) is 21.5 Å². The third kappa shape index (κ3) is 6.24. The van der Waals surface area contributed by atoms with Gasteiger partial charge >= 0.3 is 0 Å². The standard InChI is InChI=1S/C29H27N3O6S/c1-21-13-18-26(19-27(21)32(34)35)39(36,37)31(24-14-16-25(38-2)17-15-24)20-28(33)30-29(22-9-5-3-6-10-22)23-11-7-4-8-12-23/h3-19,29H,20H2,1-2H3,(H,30,33). The first-order chi connectivity index (χ1) is 18.7. The van der Waals surface area contributed by atoms with Gasteiger partial charge in [-0.25, -0.2) is 8.42 Å². The van der Waals surface area contributed by atoms with E-state index in [1.54, 1.807) is 12.1 Å². The maximum Gasteiger partial charge on any atom is 0.273 e. The van der Waals surface area contributed by atoms with Crippen molar-refractivity contribution in [3.05, 3.63) is 130 Å². The normalized spacial score (nSPS) is 11.2. The Morgan fingerprint density at radius 2 is 1.49 bits per heavy atom. The first kappa shape index (κ1) is 27.3. The van der Waals surface area contributed by atoms with Gasteiger partial charge in [-0.1, -0.05) is 66.7 Å². The molecule has 0 fully saturated rings. The molecule has 0 unspecified atom stereocenters. The lowest BCUT2D eigenvalue weighted by Crippen LogP contribution is -2.42. The first-order valence-corrected chi connectivity index (χ1v) is 13.5. The predicted molar refractivity (Wildman–Crippen MR) is 148 cm³/mol. The highest BCUT2D eigenvalue weighted by Crippen LogP contribution is 2.29. The van der Waals surface area contributed by atoms with Crippen LogP contribution in [0.25, 0.3) is 0 Å². The molecule has 0 aromatic heterocycles. The SMILES string of the molecule is COc1ccc(N(CC(=O)NC(c2ccccc2)c2ccccc2)S(=O)(=O)c2ccc(C)c([N+](=O)[O-])c2)cc1. The first-order valence-electron chi connectivity index (χ1n) is 12.0. The van der Waals surface area contributed by atoms with Crippen molar-refractivity contribution in [1.29, 1.82) is 0 Å². The van der Waals surface area contributed by atoms with Gasteiger partial charge in [0, 0.05) is 11.6 Å². The summed E-state index contributed by atoms with van der Waals surface area (Å²) >= 11 is 0. The number of nitrogens with one attached hydrogen (secondary N) is 1. The molecule has 0 saturated heterocycles. The summed E-state index contributed by atoms with van der Waals surface area (Å²) in [6.45, 7) is 0.961. The molecule has 4 aromatic rings. The smallest absolute Gasteiger partial charge is 0.273 e. The minimum Gasteiger partial charge on any atom is -0.497 e. The van der Waals surface area contributed by atoms with E-state index in [1.807, 2.05) is 60.7 Å². The molecule has 0 aliphatic heterocycles. The van der Waals surface area contributed by atoms with Crippen molar-refractivity contribution in [2.24, 2.45) is 0 Å². The Kier molecular flexibility index (Phi) is 8.26. The molecular weight excluding hydrogens is 518 g/mol. The van der Waals surface area contributed by atoms with Crippen LogP contribution in [0.1, 0.15) is 22.7 Å². The summed E-state index contributed by atoms with van der Waals surface area (Å²) in [4.78, 5) is 24.0. The number of carbonyl (C=O) groups excluding carboxylic acids is 1. The number of nitro groups is 1. The third-order valence-corrected chi connectivity index (χ3v) is 7.95. The molecule has 0 radical (unpaired) electrons. The monoisotopic (exact) mass is 545 g/mol. The fraction of sp³-hybridized carbons (Fsp3) is 0.138. The van der Waals surface area contributed by atoms with Gasteiger partial charge in [-0.2, -0.15) is 0 Å². The van der Waals surface area contributed by atoms with E-state index in [-0.39, 0.29) is 16.3 Å². The molecule has 0 atom stereocenters. The van der Waals surface area contributed by atoms with Gasteiger partial charge in [-0.3, -0.25) is 19.2 Å². The molecule has 4 rings (SSSR count). The van der Waals surface area contributed by atoms with Crippen LogP contribution in [0.4, 0.5) is 11.4 Å². The number of carbonyl (C=O) groups is 1. The summed E-state index contributed by atoms with van der Waals surface area (Å²) in [5.74, 6) is -0.0616. The molecule has 200 valence electrons. The molecule has 9 nitrogen and oxygen atoms in total. The van der Waals surface area contributed by atoms with Crippen LogP contribution in [0, 0.1) is 17.0 Å². The zero-order chi connectivity index (χ0) is 28.0. The zero-order valence-electron chi connectivity index (χ0n) is 21.4. The van der Waals surface area contributed by atoms with Gasteiger partial charge in [0.05, 0.1) is 28.7 Å². The second-order valence-corrected chi connectivity index (χ2v) is 10.6. The zero-order valence-corrected chi connectivity index (χ0v) is 22.2. The fourth-order valence-electron chi connectivity index (χ4n) is 4.12. The summed E-state index contributed by atoms with van der Waals surface area (Å²) in [6, 6.07) is 28.0. The lowest BCUT2D eigenvalue weighted by atomic mass is 9.99. The van der Waals surface area contributed by atoms with Gasteiger partial charge in [-0.05, 0) is 48.4 Å². The van der Waals surface area contributed by atoms with Crippen LogP contribution in [0.3, 0.4) is 0 Å². The molecule has 39 heavy (non-hydrogen) atoms. The highest BCUT2D eigenvalue weighted by atomic mass is 32.2. The van der Waals surface area contributed by atoms with Gasteiger partial charge in [0.2, 0.25) is 5.91 Å². The second-order valence-electron chi connectivity index (χ2n) is 8.74. The number of amides is 1. The molecule has 10 heteroatoms. The number of sulfonamides is 1. The van der Waals surface area contributed by atoms with Crippen molar-refractivity contribution in [3.63, 3.8) is 0 Å². The number of methoxy groups -OCH3 is 1. The molecule has 0 saturated carbocycles. The van der Waals surface area contributed by atoms with Gasteiger partial charge in [0.15, 0.2) is 0 Å². The topological polar surface area (TPSA) is 119 Å². The van der Waals surface area contributed by atoms with E-state index in [2.05, 4.69) is 5.32 Å². The Hall–Kier alpha value is -4.70. The number of rotatable bonds is 10. The van der Waals surface area contributed by atoms with Crippen molar-refractivity contribution in [2.45, 2.75) is 17.9 Å². The molecule has 0 bridgehead atoms. The van der Waals surface area contributed by atoms with E-state index in [4.69, 9.17) is 4.74 Å². The number of aryl methyl sites for hydroxylation is 1. The lowest BCUT2D eigenvalue weighted by Gasteiger charge is -2.26. The molecule has 0 spiro atoms. The van der Waals surface area contributed by atoms with E-state index >= 15 is 0 Å². The summed E-state index contributed by atoms with van der Waals surface area (Å²) < 4.78 is 33.8. The van der Waals surface area contributed by atoms with Crippen molar-refractivity contribution < 1.29 is 22.9 Å². The van der Waals surface area contributed by atoms with Gasteiger partial charge in [0.1, 0.15) is 12.3 Å². The largest absolute Gasteiger partial charge is 0.497 e. The van der Waals surface area contributed by atoms with Crippen LogP contribution in [0.5, 0.6) is 5.75 Å². The van der Waals surface area contributed by atoms with Gasteiger partial charge in [0.25, 0.3) is 15.7 Å². The second kappa shape index (κ2) is 11.8. The van der Waals surface area contributed by atoms with Crippen LogP contribution in [0.15, 0.2) is 108 Å². The highest BCUT2D eigenvalue weighted by Gasteiger charge is 2.30. The van der Waals surface area contributed by atoms with Crippen LogP contribution < -0.4 is 14.4 Å². The average Bonchev–Trinajstić information content (AvgIpc) is 2.95. The summed E-state index contributed by atoms with van der Waals surface area (Å²) in [5, 5.41) is 14.5. The maximum atomic E-state index is 13.8. The number of nitrogens with zero attached hydrogens (tertiary/aromatic N) is 2. The molecule has 0 heterocycles. The molecule has 1 amide bonds. The molecule has 0 aliphatic rings. The van der Waals surface area contributed by atoms with Crippen LogP contribution in [-0.4, -0.2) is 32.9 Å². The summed E-state index contributed by atoms with van der Waals surface area (Å²) in [5.41, 5.74) is 1.84. The Morgan fingerprint density at radius 3 is 2.00 bits per heavy atom. The molecular formula is C29H27N3O6S. The summed E-state index contributed by atoms with van der Waals surface area (Å²) in [7, 11) is -2.90. The lowest BCUT2D eigenvalue weighted by molar-refractivity contribution is -0.385. The molecule has 1 N–H and O–H groups in total. The van der Waals surface area contributed by atoms with Crippen molar-refractivity contribution in [2.75, 3.05) is 18.0 Å². The van der Waals surface area contributed by atoms with Crippen molar-refractivity contribution in [3.8, 4) is 5.75 Å². The Balaban J connectivity index is 1.72. The third-order valence-electron chi connectivity index (χ3n) is 6.18. The fourth-order valence-corrected chi connectivity index (χ4v) is 5.57. The maximum absolute atomic E-state index is 13.8. The van der Waals surface area contributed by atoms with E-state index < -0.39 is 33.4 Å². The van der Waals surface area contributed by atoms with E-state index in [1.165, 1.54) is 38.3 Å². The Morgan fingerprint density at radius 1 is 0.923 bits per heavy atom. The van der Waals surface area contributed by atoms with Gasteiger partial charge < -0.3 is 10.1 Å². The molecule has 4 aromatic carbocycles. The number of hydrogen-bond acceptors (Lipinski definition) is 6. The number of nitro benzene ring substituents is 1. The predicted octanol–water partition coefficient (Wildman–Crippen LogP) is 5.01. The van der Waals surface area contributed by atoms with Crippen LogP contribution in [0.2, 0.25) is 0 Å². The number of hydrogen-bond donors (Lipinski definition) is 1. The van der Waals surface area contributed by atoms with Crippen LogP contribution in [-0.2, 0) is 14.8 Å². The van der Waals surface area contributed by atoms with Crippen LogP contribution >= 0.6 is 0 Å². The van der Waals surface area contributed by atoms with E-state index in [0.29, 0.717) is 11.3 Å². The number of ether oxygens (including phenoxy) is 1. The number of anilines is 1. The average molecular weight is 546 g/mol. The Labute approximate surface area is 226 Å². The summed E-state index contributed by atoms with van der Waals surface area (Å²) in [6.07, 6.45) is 0. The Bertz CT molecular complexity index is 1520. The van der Waals surface area contributed by atoms with Crippen molar-refractivity contribution in [1.82, 2.24) is 5.32 Å². The quantitative estimate of drug-likeness (QED) is 0.221. The molecule has 0 aliphatic carbocycles. The van der Waals surface area contributed by atoms with Gasteiger partial charge in [-0.15, -0.1) is 0 Å². The highest BCUT2D eigenvalue weighted by molar-refractivity contribution is 7.92. The minimum atomic E-state index is -4.38.